The van der Waals surface area contributed by atoms with Crippen LogP contribution in [0.15, 0.2) is 36.7 Å². The van der Waals surface area contributed by atoms with Crippen LogP contribution in [0.1, 0.15) is 103 Å². The van der Waals surface area contributed by atoms with E-state index < -0.39 is 0 Å². The summed E-state index contributed by atoms with van der Waals surface area (Å²) in [6.45, 7) is 4.46. The lowest BCUT2D eigenvalue weighted by atomic mass is 10.1. The van der Waals surface area contributed by atoms with E-state index in [-0.39, 0.29) is 5.97 Å². The Morgan fingerprint density at radius 3 is 1.97 bits per heavy atom. The lowest BCUT2D eigenvalue weighted by molar-refractivity contribution is -0.134. The molecule has 0 saturated carbocycles. The summed E-state index contributed by atoms with van der Waals surface area (Å²) < 4.78 is 5.47. The third-order valence-electron chi connectivity index (χ3n) is 5.61. The zero-order valence-electron chi connectivity index (χ0n) is 19.6. The molecule has 0 unspecified atom stereocenters. The quantitative estimate of drug-likeness (QED) is 0.157. The fourth-order valence-corrected chi connectivity index (χ4v) is 3.65. The van der Waals surface area contributed by atoms with Gasteiger partial charge in [-0.1, -0.05) is 78.1 Å². The van der Waals surface area contributed by atoms with Crippen LogP contribution in [0.4, 0.5) is 0 Å². The fourth-order valence-electron chi connectivity index (χ4n) is 3.65. The molecule has 0 N–H and O–H groups in total. The van der Waals surface area contributed by atoms with Crippen LogP contribution in [0.25, 0.3) is 11.3 Å². The highest BCUT2D eigenvalue weighted by Gasteiger charge is 2.06. The number of hydrogen-bond acceptors (Lipinski definition) is 4. The van der Waals surface area contributed by atoms with E-state index in [0.717, 1.165) is 36.2 Å². The molecule has 1 heterocycles. The van der Waals surface area contributed by atoms with Crippen molar-refractivity contribution in [2.24, 2.45) is 0 Å². The first-order valence-electron chi connectivity index (χ1n) is 12.3. The van der Waals surface area contributed by atoms with Gasteiger partial charge in [-0.2, -0.15) is 0 Å². The smallest absolute Gasteiger partial charge is 0.311 e. The molecule has 0 radical (unpaired) electrons. The van der Waals surface area contributed by atoms with E-state index in [9.17, 15) is 4.79 Å². The number of benzene rings is 1. The maximum absolute atomic E-state index is 12.0. The van der Waals surface area contributed by atoms with Crippen molar-refractivity contribution in [3.63, 3.8) is 0 Å². The average Bonchev–Trinajstić information content (AvgIpc) is 2.79. The van der Waals surface area contributed by atoms with Crippen molar-refractivity contribution in [1.82, 2.24) is 9.97 Å². The number of hydrogen-bond donors (Lipinski definition) is 0. The van der Waals surface area contributed by atoms with Gasteiger partial charge in [-0.3, -0.25) is 14.8 Å². The average molecular weight is 425 g/mol. The highest BCUT2D eigenvalue weighted by atomic mass is 16.5. The van der Waals surface area contributed by atoms with Crippen LogP contribution in [-0.4, -0.2) is 15.9 Å². The van der Waals surface area contributed by atoms with Crippen molar-refractivity contribution in [3.05, 3.63) is 42.4 Å². The molecular weight excluding hydrogens is 384 g/mol. The van der Waals surface area contributed by atoms with Gasteiger partial charge in [-0.05, 0) is 43.5 Å². The van der Waals surface area contributed by atoms with Gasteiger partial charge in [0.05, 0.1) is 17.6 Å². The van der Waals surface area contributed by atoms with Crippen molar-refractivity contribution >= 4 is 5.97 Å². The van der Waals surface area contributed by atoms with E-state index in [1.165, 1.54) is 64.2 Å². The van der Waals surface area contributed by atoms with Crippen LogP contribution in [0.2, 0.25) is 0 Å². The molecule has 0 aliphatic rings. The van der Waals surface area contributed by atoms with Crippen molar-refractivity contribution in [2.45, 2.75) is 104 Å². The normalized spacial score (nSPS) is 10.9. The van der Waals surface area contributed by atoms with E-state index in [4.69, 9.17) is 4.74 Å². The second kappa shape index (κ2) is 15.6. The second-order valence-corrected chi connectivity index (χ2v) is 8.43. The molecule has 0 bridgehead atoms. The fraction of sp³-hybridized carbons (Fsp3) is 0.593. The van der Waals surface area contributed by atoms with E-state index in [2.05, 4.69) is 23.8 Å². The van der Waals surface area contributed by atoms with Gasteiger partial charge in [0.25, 0.3) is 0 Å². The number of esters is 1. The number of carbonyl (C=O) groups is 1. The van der Waals surface area contributed by atoms with Crippen LogP contribution in [0, 0.1) is 0 Å². The minimum Gasteiger partial charge on any atom is -0.427 e. The minimum atomic E-state index is -0.149. The first-order chi connectivity index (χ1) is 15.2. The number of carbonyl (C=O) groups excluding carboxylic acids is 1. The number of nitrogens with zero attached hydrogens (tertiary/aromatic N) is 2. The molecule has 170 valence electrons. The Labute approximate surface area is 188 Å². The summed E-state index contributed by atoms with van der Waals surface area (Å²) in [4.78, 5) is 21.2. The van der Waals surface area contributed by atoms with Gasteiger partial charge in [0.1, 0.15) is 5.75 Å². The zero-order valence-corrected chi connectivity index (χ0v) is 19.6. The van der Waals surface area contributed by atoms with Gasteiger partial charge in [-0.15, -0.1) is 0 Å². The van der Waals surface area contributed by atoms with Gasteiger partial charge in [0.2, 0.25) is 0 Å². The summed E-state index contributed by atoms with van der Waals surface area (Å²) in [7, 11) is 0. The predicted molar refractivity (Wildman–Crippen MR) is 128 cm³/mol. The monoisotopic (exact) mass is 424 g/mol. The number of aryl methyl sites for hydroxylation is 1. The van der Waals surface area contributed by atoms with Crippen molar-refractivity contribution in [1.29, 1.82) is 0 Å². The first-order valence-corrected chi connectivity index (χ1v) is 12.3. The maximum Gasteiger partial charge on any atom is 0.311 e. The molecular formula is C27H40N2O2. The van der Waals surface area contributed by atoms with Crippen LogP contribution in [0.3, 0.4) is 0 Å². The molecule has 0 aliphatic carbocycles. The molecule has 0 spiro atoms. The van der Waals surface area contributed by atoms with Crippen LogP contribution in [0.5, 0.6) is 5.75 Å². The van der Waals surface area contributed by atoms with Gasteiger partial charge in [-0.25, -0.2) is 0 Å². The van der Waals surface area contributed by atoms with Gasteiger partial charge >= 0.3 is 5.97 Å². The molecule has 2 rings (SSSR count). The Morgan fingerprint density at radius 2 is 1.35 bits per heavy atom. The molecule has 31 heavy (non-hydrogen) atoms. The number of aromatic nitrogens is 2. The molecule has 0 aliphatic heterocycles. The molecule has 0 fully saturated rings. The van der Waals surface area contributed by atoms with E-state index in [0.29, 0.717) is 12.2 Å². The Balaban J connectivity index is 1.70. The van der Waals surface area contributed by atoms with Crippen molar-refractivity contribution in [3.8, 4) is 17.0 Å². The second-order valence-electron chi connectivity index (χ2n) is 8.43. The zero-order chi connectivity index (χ0) is 22.2. The lowest BCUT2D eigenvalue weighted by Crippen LogP contribution is -2.07. The minimum absolute atomic E-state index is 0.149. The van der Waals surface area contributed by atoms with Crippen molar-refractivity contribution < 1.29 is 9.53 Å². The standard InChI is InChI=1S/C27H40N2O2/c1-3-5-7-9-10-12-14-16-27(30)31-25-19-17-23(18-20-25)26-22-28-24(21-29-26)15-13-11-8-6-4-2/h17-22H,3-16H2,1-2H3. The molecule has 2 aromatic rings. The summed E-state index contributed by atoms with van der Waals surface area (Å²) in [6, 6.07) is 7.54. The largest absolute Gasteiger partial charge is 0.427 e. The highest BCUT2D eigenvalue weighted by molar-refractivity contribution is 5.72. The Bertz CT molecular complexity index is 726. The summed E-state index contributed by atoms with van der Waals surface area (Å²) in [5.74, 6) is 0.442. The number of rotatable bonds is 16. The van der Waals surface area contributed by atoms with E-state index in [1.807, 2.05) is 36.7 Å². The lowest BCUT2D eigenvalue weighted by Gasteiger charge is -2.06. The highest BCUT2D eigenvalue weighted by Crippen LogP contribution is 2.21. The van der Waals surface area contributed by atoms with Crippen LogP contribution >= 0.6 is 0 Å². The van der Waals surface area contributed by atoms with Gasteiger partial charge < -0.3 is 4.74 Å². The Morgan fingerprint density at radius 1 is 0.742 bits per heavy atom. The number of unbranched alkanes of at least 4 members (excludes halogenated alkanes) is 10. The van der Waals surface area contributed by atoms with Crippen molar-refractivity contribution in [2.75, 3.05) is 0 Å². The molecule has 0 atom stereocenters. The van der Waals surface area contributed by atoms with E-state index >= 15 is 0 Å². The summed E-state index contributed by atoms with van der Waals surface area (Å²) >= 11 is 0. The molecule has 1 aromatic carbocycles. The maximum atomic E-state index is 12.0. The first kappa shape index (κ1) is 25.0. The molecule has 1 aromatic heterocycles. The molecule has 0 saturated heterocycles. The summed E-state index contributed by atoms with van der Waals surface area (Å²) in [5.41, 5.74) is 2.88. The Hall–Kier alpha value is -2.23. The third kappa shape index (κ3) is 10.6. The predicted octanol–water partition coefficient (Wildman–Crippen LogP) is 7.70. The summed E-state index contributed by atoms with van der Waals surface area (Å²) in [5, 5.41) is 0. The molecule has 4 heteroatoms. The van der Waals surface area contributed by atoms with Gasteiger partial charge in [0.15, 0.2) is 0 Å². The van der Waals surface area contributed by atoms with E-state index in [1.54, 1.807) is 0 Å². The molecule has 0 amide bonds. The SMILES string of the molecule is CCCCCCCCCC(=O)Oc1ccc(-c2cnc(CCCCCCC)cn2)cc1. The number of ether oxygens (including phenoxy) is 1. The van der Waals surface area contributed by atoms with Gasteiger partial charge in [0, 0.05) is 18.2 Å². The van der Waals surface area contributed by atoms with Crippen LogP contribution < -0.4 is 4.74 Å². The summed E-state index contributed by atoms with van der Waals surface area (Å²) in [6.07, 6.45) is 19.9. The third-order valence-corrected chi connectivity index (χ3v) is 5.61. The Kier molecular flexibility index (Phi) is 12.6. The molecule has 4 nitrogen and oxygen atoms in total. The van der Waals surface area contributed by atoms with Crippen LogP contribution in [-0.2, 0) is 11.2 Å². The topological polar surface area (TPSA) is 52.1 Å².